The Bertz CT molecular complexity index is 907. The van der Waals surface area contributed by atoms with E-state index in [-0.39, 0.29) is 16.7 Å². The van der Waals surface area contributed by atoms with Crippen molar-refractivity contribution in [3.05, 3.63) is 66.5 Å². The van der Waals surface area contributed by atoms with E-state index in [2.05, 4.69) is 22.2 Å². The lowest BCUT2D eigenvalue weighted by atomic mass is 10.1. The van der Waals surface area contributed by atoms with Crippen LogP contribution in [0.15, 0.2) is 65.6 Å². The third-order valence-electron chi connectivity index (χ3n) is 4.10. The predicted octanol–water partition coefficient (Wildman–Crippen LogP) is 3.92. The number of rotatable bonds is 6. The lowest BCUT2D eigenvalue weighted by Crippen LogP contribution is -2.15. The second-order valence-electron chi connectivity index (χ2n) is 6.15. The van der Waals surface area contributed by atoms with Crippen LogP contribution in [0.4, 0.5) is 15.8 Å². The number of carbonyl (C=O) groups is 1. The fourth-order valence-corrected chi connectivity index (χ4v) is 3.82. The zero-order chi connectivity index (χ0) is 18.6. The van der Waals surface area contributed by atoms with Gasteiger partial charge in [0.25, 0.3) is 10.0 Å². The van der Waals surface area contributed by atoms with Gasteiger partial charge in [-0.15, -0.1) is 0 Å². The molecular formula is C19H19FN2O3S. The maximum Gasteiger partial charge on any atom is 0.261 e. The van der Waals surface area contributed by atoms with E-state index in [1.54, 1.807) is 24.3 Å². The zero-order valence-corrected chi connectivity index (χ0v) is 14.8. The number of amides is 1. The SMILES string of the molecule is O=C(CC1C=CCC1)Nc1ccc(NS(=O)(=O)c2ccc(F)cc2)cc1. The third-order valence-corrected chi connectivity index (χ3v) is 5.50. The maximum absolute atomic E-state index is 12.9. The molecule has 0 aromatic heterocycles. The molecule has 2 aromatic carbocycles. The Kier molecular flexibility index (Phi) is 5.37. The zero-order valence-electron chi connectivity index (χ0n) is 14.0. The minimum absolute atomic E-state index is 0.0269. The minimum atomic E-state index is -3.79. The fourth-order valence-electron chi connectivity index (χ4n) is 2.76. The molecule has 1 aliphatic rings. The van der Waals surface area contributed by atoms with Gasteiger partial charge in [0.15, 0.2) is 0 Å². The molecule has 0 aliphatic heterocycles. The van der Waals surface area contributed by atoms with E-state index in [9.17, 15) is 17.6 Å². The Morgan fingerprint density at radius 2 is 1.69 bits per heavy atom. The summed E-state index contributed by atoms with van der Waals surface area (Å²) in [5.74, 6) is -0.282. The second kappa shape index (κ2) is 7.70. The van der Waals surface area contributed by atoms with Gasteiger partial charge in [-0.05, 0) is 67.3 Å². The molecule has 26 heavy (non-hydrogen) atoms. The lowest BCUT2D eigenvalue weighted by molar-refractivity contribution is -0.116. The average molecular weight is 374 g/mol. The minimum Gasteiger partial charge on any atom is -0.326 e. The summed E-state index contributed by atoms with van der Waals surface area (Å²) in [4.78, 5) is 12.0. The van der Waals surface area contributed by atoms with E-state index in [1.807, 2.05) is 0 Å². The summed E-state index contributed by atoms with van der Waals surface area (Å²) in [7, 11) is -3.79. The normalized spacial score (nSPS) is 16.4. The van der Waals surface area contributed by atoms with Crippen molar-refractivity contribution in [1.29, 1.82) is 0 Å². The van der Waals surface area contributed by atoms with Gasteiger partial charge in [-0.2, -0.15) is 0 Å². The van der Waals surface area contributed by atoms with Crippen LogP contribution >= 0.6 is 0 Å². The van der Waals surface area contributed by atoms with Crippen LogP contribution in [0.25, 0.3) is 0 Å². The number of hydrogen-bond acceptors (Lipinski definition) is 3. The summed E-state index contributed by atoms with van der Waals surface area (Å²) in [6.45, 7) is 0. The van der Waals surface area contributed by atoms with Gasteiger partial charge in [0, 0.05) is 17.8 Å². The Balaban J connectivity index is 1.61. The van der Waals surface area contributed by atoms with Crippen molar-refractivity contribution in [2.75, 3.05) is 10.0 Å². The van der Waals surface area contributed by atoms with Crippen LogP contribution in [0.2, 0.25) is 0 Å². The molecule has 2 aromatic rings. The number of anilines is 2. The van der Waals surface area contributed by atoms with Crippen molar-refractivity contribution in [3.63, 3.8) is 0 Å². The number of sulfonamides is 1. The molecule has 1 atom stereocenters. The molecule has 5 nitrogen and oxygen atoms in total. The quantitative estimate of drug-likeness (QED) is 0.753. The van der Waals surface area contributed by atoms with E-state index < -0.39 is 15.8 Å². The van der Waals surface area contributed by atoms with E-state index in [4.69, 9.17) is 0 Å². The highest BCUT2D eigenvalue weighted by atomic mass is 32.2. The summed E-state index contributed by atoms with van der Waals surface area (Å²) >= 11 is 0. The van der Waals surface area contributed by atoms with Crippen LogP contribution in [0.1, 0.15) is 19.3 Å². The highest BCUT2D eigenvalue weighted by Crippen LogP contribution is 2.22. The smallest absolute Gasteiger partial charge is 0.261 e. The summed E-state index contributed by atoms with van der Waals surface area (Å²) in [6, 6.07) is 11.0. The topological polar surface area (TPSA) is 75.3 Å². The van der Waals surface area contributed by atoms with Crippen LogP contribution < -0.4 is 10.0 Å². The van der Waals surface area contributed by atoms with E-state index in [1.165, 1.54) is 12.1 Å². The van der Waals surface area contributed by atoms with Crippen molar-refractivity contribution >= 4 is 27.3 Å². The van der Waals surface area contributed by atoms with Gasteiger partial charge in [0.2, 0.25) is 5.91 Å². The molecule has 1 amide bonds. The summed E-state index contributed by atoms with van der Waals surface area (Å²) in [5, 5.41) is 2.81. The molecule has 136 valence electrons. The second-order valence-corrected chi connectivity index (χ2v) is 7.84. The predicted molar refractivity (Wildman–Crippen MR) is 98.8 cm³/mol. The highest BCUT2D eigenvalue weighted by Gasteiger charge is 2.15. The average Bonchev–Trinajstić information content (AvgIpc) is 3.09. The lowest BCUT2D eigenvalue weighted by Gasteiger charge is -2.11. The maximum atomic E-state index is 12.9. The molecule has 2 N–H and O–H groups in total. The van der Waals surface area contributed by atoms with Crippen molar-refractivity contribution in [1.82, 2.24) is 0 Å². The molecule has 0 spiro atoms. The first-order valence-corrected chi connectivity index (χ1v) is 9.76. The summed E-state index contributed by atoms with van der Waals surface area (Å²) in [5.41, 5.74) is 0.952. The largest absolute Gasteiger partial charge is 0.326 e. The molecule has 0 saturated heterocycles. The molecule has 1 unspecified atom stereocenters. The first-order valence-electron chi connectivity index (χ1n) is 8.27. The molecule has 0 radical (unpaired) electrons. The number of benzene rings is 2. The van der Waals surface area contributed by atoms with Crippen molar-refractivity contribution in [2.24, 2.45) is 5.92 Å². The standard InChI is InChI=1S/C19H19FN2O3S/c20-15-5-11-18(12-6-15)26(24,25)22-17-9-7-16(8-10-17)21-19(23)13-14-3-1-2-4-14/h1,3,5-12,14,22H,2,4,13H2,(H,21,23). The molecule has 1 aliphatic carbocycles. The Hall–Kier alpha value is -2.67. The summed E-state index contributed by atoms with van der Waals surface area (Å²) in [6.07, 6.45) is 6.60. The third kappa shape index (κ3) is 4.70. The van der Waals surface area contributed by atoms with Crippen molar-refractivity contribution < 1.29 is 17.6 Å². The number of carbonyl (C=O) groups excluding carboxylic acids is 1. The molecule has 0 saturated carbocycles. The summed E-state index contributed by atoms with van der Waals surface area (Å²) < 4.78 is 39.9. The van der Waals surface area contributed by atoms with Gasteiger partial charge in [0.05, 0.1) is 4.90 Å². The number of hydrogen-bond donors (Lipinski definition) is 2. The molecule has 0 heterocycles. The van der Waals surface area contributed by atoms with Crippen molar-refractivity contribution in [3.8, 4) is 0 Å². The van der Waals surface area contributed by atoms with E-state index in [0.717, 1.165) is 25.0 Å². The van der Waals surface area contributed by atoms with E-state index >= 15 is 0 Å². The van der Waals surface area contributed by atoms with Gasteiger partial charge < -0.3 is 5.32 Å². The van der Waals surface area contributed by atoms with E-state index in [0.29, 0.717) is 17.8 Å². The Labute approximate surface area is 152 Å². The van der Waals surface area contributed by atoms with Crippen LogP contribution in [-0.2, 0) is 14.8 Å². The molecule has 3 rings (SSSR count). The Morgan fingerprint density at radius 1 is 1.04 bits per heavy atom. The highest BCUT2D eigenvalue weighted by molar-refractivity contribution is 7.92. The monoisotopic (exact) mass is 374 g/mol. The van der Waals surface area contributed by atoms with Gasteiger partial charge in [-0.3, -0.25) is 9.52 Å². The fraction of sp³-hybridized carbons (Fsp3) is 0.211. The van der Waals surface area contributed by atoms with Gasteiger partial charge >= 0.3 is 0 Å². The van der Waals surface area contributed by atoms with Gasteiger partial charge in [-0.1, -0.05) is 12.2 Å². The van der Waals surface area contributed by atoms with Crippen LogP contribution in [-0.4, -0.2) is 14.3 Å². The molecule has 0 bridgehead atoms. The Morgan fingerprint density at radius 3 is 2.31 bits per heavy atom. The molecule has 7 heteroatoms. The van der Waals surface area contributed by atoms with Crippen LogP contribution in [0, 0.1) is 11.7 Å². The molecule has 0 fully saturated rings. The van der Waals surface area contributed by atoms with Gasteiger partial charge in [-0.25, -0.2) is 12.8 Å². The van der Waals surface area contributed by atoms with Crippen LogP contribution in [0.3, 0.4) is 0 Å². The number of allylic oxidation sites excluding steroid dienone is 2. The van der Waals surface area contributed by atoms with Crippen molar-refractivity contribution in [2.45, 2.75) is 24.2 Å². The number of halogens is 1. The first kappa shape index (κ1) is 18.1. The number of nitrogens with one attached hydrogen (secondary N) is 2. The molecular weight excluding hydrogens is 355 g/mol. The first-order chi connectivity index (χ1) is 12.4. The van der Waals surface area contributed by atoms with Crippen LogP contribution in [0.5, 0.6) is 0 Å². The van der Waals surface area contributed by atoms with Gasteiger partial charge in [0.1, 0.15) is 5.82 Å².